The molecule has 0 atom stereocenters. The first-order valence-electron chi connectivity index (χ1n) is 8.37. The second-order valence-corrected chi connectivity index (χ2v) is 7.08. The molecule has 1 heterocycles. The third-order valence-electron chi connectivity index (χ3n) is 4.16. The van der Waals surface area contributed by atoms with Crippen LogP contribution in [0.15, 0.2) is 54.7 Å². The average Bonchev–Trinajstić information content (AvgIpc) is 2.98. The second-order valence-electron chi connectivity index (χ2n) is 6.65. The molecule has 0 radical (unpaired) electrons. The molecule has 1 aromatic heterocycles. The first-order valence-corrected chi connectivity index (χ1v) is 8.75. The Morgan fingerprint density at radius 3 is 2.41 bits per heavy atom. The summed E-state index contributed by atoms with van der Waals surface area (Å²) in [5.74, 6) is -0.381. The molecule has 0 saturated heterocycles. The van der Waals surface area contributed by atoms with Gasteiger partial charge in [-0.1, -0.05) is 29.8 Å². The number of hydrazine groups is 1. The van der Waals surface area contributed by atoms with Crippen LogP contribution in [0.5, 0.6) is 5.75 Å². The van der Waals surface area contributed by atoms with Gasteiger partial charge < -0.3 is 9.30 Å². The quantitative estimate of drug-likeness (QED) is 0.675. The van der Waals surface area contributed by atoms with Crippen LogP contribution in [0.2, 0.25) is 5.02 Å². The van der Waals surface area contributed by atoms with E-state index >= 15 is 0 Å². The van der Waals surface area contributed by atoms with Crippen LogP contribution in [0.1, 0.15) is 24.2 Å². The Balaban J connectivity index is 1.66. The van der Waals surface area contributed by atoms with Gasteiger partial charge in [-0.2, -0.15) is 0 Å². The number of halogens is 1. The van der Waals surface area contributed by atoms with E-state index in [1.807, 2.05) is 35.9 Å². The van der Waals surface area contributed by atoms with Gasteiger partial charge in [-0.25, -0.2) is 0 Å². The minimum absolute atomic E-state index is 0.401. The van der Waals surface area contributed by atoms with Crippen LogP contribution in [0, 0.1) is 0 Å². The number of nitrogens with one attached hydrogen (secondary N) is 2. The minimum atomic E-state index is -1.19. The van der Waals surface area contributed by atoms with E-state index in [0.717, 1.165) is 10.9 Å². The summed E-state index contributed by atoms with van der Waals surface area (Å²) in [5, 5.41) is 1.38. The van der Waals surface area contributed by atoms with Gasteiger partial charge in [-0.3, -0.25) is 20.4 Å². The average molecular weight is 386 g/mol. The van der Waals surface area contributed by atoms with Crippen molar-refractivity contribution in [3.63, 3.8) is 0 Å². The van der Waals surface area contributed by atoms with Gasteiger partial charge in [0.2, 0.25) is 0 Å². The van der Waals surface area contributed by atoms with Crippen LogP contribution in [0.25, 0.3) is 10.9 Å². The zero-order valence-electron chi connectivity index (χ0n) is 15.2. The Bertz CT molecular complexity index is 993. The highest BCUT2D eigenvalue weighted by molar-refractivity contribution is 6.30. The molecule has 3 aromatic rings. The fourth-order valence-corrected chi connectivity index (χ4v) is 2.82. The van der Waals surface area contributed by atoms with Crippen LogP contribution in [-0.2, 0) is 11.8 Å². The molecule has 3 rings (SSSR count). The van der Waals surface area contributed by atoms with Gasteiger partial charge in [0.25, 0.3) is 11.8 Å². The van der Waals surface area contributed by atoms with Crippen molar-refractivity contribution in [1.29, 1.82) is 0 Å². The topological polar surface area (TPSA) is 72.4 Å². The summed E-state index contributed by atoms with van der Waals surface area (Å²) in [6.07, 6.45) is 1.72. The summed E-state index contributed by atoms with van der Waals surface area (Å²) in [6.45, 7) is 3.22. The molecular weight excluding hydrogens is 366 g/mol. The van der Waals surface area contributed by atoms with E-state index in [1.165, 1.54) is 0 Å². The van der Waals surface area contributed by atoms with Crippen molar-refractivity contribution < 1.29 is 14.3 Å². The molecule has 0 aliphatic heterocycles. The number of hydrogen-bond acceptors (Lipinski definition) is 3. The maximum atomic E-state index is 12.5. The molecule has 2 aromatic carbocycles. The molecule has 0 aliphatic rings. The monoisotopic (exact) mass is 385 g/mol. The van der Waals surface area contributed by atoms with Crippen LogP contribution < -0.4 is 15.6 Å². The minimum Gasteiger partial charge on any atom is -0.478 e. The number of amides is 2. The Labute approximate surface area is 162 Å². The normalized spacial score (nSPS) is 11.3. The fourth-order valence-electron chi connectivity index (χ4n) is 2.70. The van der Waals surface area contributed by atoms with Crippen molar-refractivity contribution in [3.05, 3.63) is 65.3 Å². The molecule has 140 valence electrons. The number of rotatable bonds is 4. The number of aromatic nitrogens is 1. The van der Waals surface area contributed by atoms with Gasteiger partial charge in [0, 0.05) is 29.2 Å². The van der Waals surface area contributed by atoms with Gasteiger partial charge in [0.1, 0.15) is 5.75 Å². The van der Waals surface area contributed by atoms with Gasteiger partial charge >= 0.3 is 0 Å². The lowest BCUT2D eigenvalue weighted by molar-refractivity contribution is -0.135. The smallest absolute Gasteiger partial charge is 0.281 e. The lowest BCUT2D eigenvalue weighted by atomic mass is 10.1. The molecule has 2 amide bonds. The molecule has 0 saturated carbocycles. The number of ether oxygens (including phenoxy) is 1. The summed E-state index contributed by atoms with van der Waals surface area (Å²) in [4.78, 5) is 25.0. The highest BCUT2D eigenvalue weighted by atomic mass is 35.5. The molecule has 27 heavy (non-hydrogen) atoms. The van der Waals surface area contributed by atoms with E-state index in [4.69, 9.17) is 16.3 Å². The third-order valence-corrected chi connectivity index (χ3v) is 4.42. The third kappa shape index (κ3) is 4.06. The predicted octanol–water partition coefficient (Wildman–Crippen LogP) is 3.45. The Morgan fingerprint density at radius 1 is 1.04 bits per heavy atom. The van der Waals surface area contributed by atoms with Crippen molar-refractivity contribution in [3.8, 4) is 5.75 Å². The SMILES string of the molecule is Cn1cc(C(=O)NNC(=O)C(C)(C)Oc2ccc(Cl)cc2)c2ccccc21. The highest BCUT2D eigenvalue weighted by Crippen LogP contribution is 2.22. The van der Waals surface area contributed by atoms with Gasteiger partial charge in [0.05, 0.1) is 5.56 Å². The zero-order chi connectivity index (χ0) is 19.6. The van der Waals surface area contributed by atoms with Crippen molar-refractivity contribution >= 4 is 34.3 Å². The molecular formula is C20H20ClN3O3. The number of para-hydroxylation sites is 1. The van der Waals surface area contributed by atoms with Crippen molar-refractivity contribution in [2.75, 3.05) is 0 Å². The summed E-state index contributed by atoms with van der Waals surface area (Å²) in [5.41, 5.74) is 5.09. The summed E-state index contributed by atoms with van der Waals surface area (Å²) >= 11 is 5.85. The van der Waals surface area contributed by atoms with E-state index in [9.17, 15) is 9.59 Å². The first kappa shape index (κ1) is 18.8. The maximum Gasteiger partial charge on any atom is 0.281 e. The number of aryl methyl sites for hydroxylation is 1. The lowest BCUT2D eigenvalue weighted by Gasteiger charge is -2.25. The predicted molar refractivity (Wildman–Crippen MR) is 105 cm³/mol. The molecule has 0 aliphatic carbocycles. The van der Waals surface area contributed by atoms with Crippen LogP contribution in [-0.4, -0.2) is 22.0 Å². The molecule has 0 spiro atoms. The summed E-state index contributed by atoms with van der Waals surface area (Å²) in [7, 11) is 1.86. The van der Waals surface area contributed by atoms with Gasteiger partial charge in [-0.05, 0) is 44.2 Å². The van der Waals surface area contributed by atoms with Crippen molar-refractivity contribution in [1.82, 2.24) is 15.4 Å². The van der Waals surface area contributed by atoms with E-state index in [0.29, 0.717) is 16.3 Å². The Morgan fingerprint density at radius 2 is 1.70 bits per heavy atom. The molecule has 0 bridgehead atoms. The fraction of sp³-hybridized carbons (Fsp3) is 0.200. The molecule has 2 N–H and O–H groups in total. The van der Waals surface area contributed by atoms with E-state index in [2.05, 4.69) is 10.9 Å². The van der Waals surface area contributed by atoms with Crippen molar-refractivity contribution in [2.24, 2.45) is 7.05 Å². The van der Waals surface area contributed by atoms with Crippen LogP contribution in [0.3, 0.4) is 0 Å². The number of benzene rings is 2. The van der Waals surface area contributed by atoms with Crippen molar-refractivity contribution in [2.45, 2.75) is 19.4 Å². The molecule has 6 nitrogen and oxygen atoms in total. The number of nitrogens with zero attached hydrogens (tertiary/aromatic N) is 1. The maximum absolute atomic E-state index is 12.5. The Hall–Kier alpha value is -2.99. The van der Waals surface area contributed by atoms with Crippen LogP contribution >= 0.6 is 11.6 Å². The molecule has 0 fully saturated rings. The first-order chi connectivity index (χ1) is 12.8. The number of fused-ring (bicyclic) bond motifs is 1. The highest BCUT2D eigenvalue weighted by Gasteiger charge is 2.30. The van der Waals surface area contributed by atoms with E-state index in [1.54, 1.807) is 44.3 Å². The molecule has 7 heteroatoms. The summed E-state index contributed by atoms with van der Waals surface area (Å²) in [6, 6.07) is 14.2. The van der Waals surface area contributed by atoms with Gasteiger partial charge in [0.15, 0.2) is 5.60 Å². The van der Waals surface area contributed by atoms with E-state index < -0.39 is 17.4 Å². The van der Waals surface area contributed by atoms with Crippen LogP contribution in [0.4, 0.5) is 0 Å². The largest absolute Gasteiger partial charge is 0.478 e. The summed E-state index contributed by atoms with van der Waals surface area (Å²) < 4.78 is 7.57. The number of hydrogen-bond donors (Lipinski definition) is 2. The Kier molecular flexibility index (Phi) is 5.10. The second kappa shape index (κ2) is 7.32. The van der Waals surface area contributed by atoms with Gasteiger partial charge in [-0.15, -0.1) is 0 Å². The van der Waals surface area contributed by atoms with E-state index in [-0.39, 0.29) is 0 Å². The lowest BCUT2D eigenvalue weighted by Crippen LogP contribution is -2.53. The molecule has 0 unspecified atom stereocenters. The number of carbonyl (C=O) groups excluding carboxylic acids is 2. The zero-order valence-corrected chi connectivity index (χ0v) is 16.0. The standard InChI is InChI=1S/C20H20ClN3O3/c1-20(2,27-14-10-8-13(21)9-11-14)19(26)23-22-18(25)16-12-24(3)17-7-5-4-6-15(16)17/h4-12H,1-3H3,(H,22,25)(H,23,26). The number of carbonyl (C=O) groups is 2.